The first-order valence-corrected chi connectivity index (χ1v) is 7.85. The molecule has 0 spiro atoms. The van der Waals surface area contributed by atoms with Crippen LogP contribution >= 0.6 is 27.3 Å². The van der Waals surface area contributed by atoms with E-state index in [1.54, 1.807) is 11.3 Å². The van der Waals surface area contributed by atoms with E-state index in [0.717, 1.165) is 23.4 Å². The molecule has 1 nitrogen and oxygen atoms in total. The van der Waals surface area contributed by atoms with Gasteiger partial charge in [0.15, 0.2) is 0 Å². The van der Waals surface area contributed by atoms with Crippen LogP contribution in [-0.2, 0) is 6.42 Å². The maximum Gasteiger partial charge on any atom is 0.0932 e. The summed E-state index contributed by atoms with van der Waals surface area (Å²) >= 11 is 5.28. The summed E-state index contributed by atoms with van der Waals surface area (Å²) in [6.45, 7) is 2.26. The van der Waals surface area contributed by atoms with E-state index in [2.05, 4.69) is 57.5 Å². The van der Waals surface area contributed by atoms with Gasteiger partial charge in [-0.2, -0.15) is 0 Å². The molecule has 0 saturated carbocycles. The molecule has 3 heteroatoms. The molecule has 0 N–H and O–H groups in total. The summed E-state index contributed by atoms with van der Waals surface area (Å²) < 4.78 is 0. The Hall–Kier alpha value is -0.670. The molecule has 0 aliphatic heterocycles. The molecule has 1 aromatic carbocycles. The van der Waals surface area contributed by atoms with Gasteiger partial charge in [0.2, 0.25) is 0 Å². The Morgan fingerprint density at radius 2 is 2.06 bits per heavy atom. The van der Waals surface area contributed by atoms with E-state index in [1.165, 1.54) is 17.0 Å². The first-order valence-electron chi connectivity index (χ1n) is 5.85. The normalized spacial score (nSPS) is 12.6. The van der Waals surface area contributed by atoms with Crippen molar-refractivity contribution in [1.29, 1.82) is 0 Å². The maximum absolute atomic E-state index is 4.69. The average molecular weight is 310 g/mol. The SMILES string of the molecule is CC(CBr)CCc1nc(-c2ccccc2)cs1. The lowest BCUT2D eigenvalue weighted by Crippen LogP contribution is -1.97. The molecule has 0 bridgehead atoms. The molecular weight excluding hydrogens is 294 g/mol. The lowest BCUT2D eigenvalue weighted by molar-refractivity contribution is 0.598. The molecule has 2 aromatic rings. The van der Waals surface area contributed by atoms with Crippen LogP contribution in [0.4, 0.5) is 0 Å². The predicted molar refractivity (Wildman–Crippen MR) is 78.8 cm³/mol. The zero-order valence-electron chi connectivity index (χ0n) is 9.90. The first-order chi connectivity index (χ1) is 8.29. The van der Waals surface area contributed by atoms with E-state index < -0.39 is 0 Å². The smallest absolute Gasteiger partial charge is 0.0932 e. The van der Waals surface area contributed by atoms with Gasteiger partial charge >= 0.3 is 0 Å². The lowest BCUT2D eigenvalue weighted by atomic mass is 10.1. The van der Waals surface area contributed by atoms with Gasteiger partial charge in [-0.3, -0.25) is 0 Å². The second-order valence-electron chi connectivity index (χ2n) is 4.29. The van der Waals surface area contributed by atoms with Gasteiger partial charge in [0.1, 0.15) is 0 Å². The van der Waals surface area contributed by atoms with Crippen molar-refractivity contribution in [2.75, 3.05) is 5.33 Å². The largest absolute Gasteiger partial charge is 0.241 e. The van der Waals surface area contributed by atoms with Crippen LogP contribution in [-0.4, -0.2) is 10.3 Å². The summed E-state index contributed by atoms with van der Waals surface area (Å²) in [5.41, 5.74) is 2.32. The van der Waals surface area contributed by atoms with Crippen LogP contribution < -0.4 is 0 Å². The Labute approximate surface area is 115 Å². The summed E-state index contributed by atoms with van der Waals surface area (Å²) in [4.78, 5) is 4.69. The minimum atomic E-state index is 0.721. The molecule has 90 valence electrons. The van der Waals surface area contributed by atoms with Crippen LogP contribution in [0.3, 0.4) is 0 Å². The molecule has 17 heavy (non-hydrogen) atoms. The highest BCUT2D eigenvalue weighted by Crippen LogP contribution is 2.23. The van der Waals surface area contributed by atoms with Crippen molar-refractivity contribution in [3.05, 3.63) is 40.7 Å². The third-order valence-corrected chi connectivity index (χ3v) is 4.75. The van der Waals surface area contributed by atoms with Crippen LogP contribution in [0, 0.1) is 5.92 Å². The van der Waals surface area contributed by atoms with Crippen LogP contribution in [0.5, 0.6) is 0 Å². The predicted octanol–water partition coefficient (Wildman–Crippen LogP) is 4.77. The van der Waals surface area contributed by atoms with Gasteiger partial charge in [-0.15, -0.1) is 11.3 Å². The monoisotopic (exact) mass is 309 g/mol. The van der Waals surface area contributed by atoms with Crippen LogP contribution in [0.2, 0.25) is 0 Å². The minimum absolute atomic E-state index is 0.721. The molecule has 0 fully saturated rings. The highest BCUT2D eigenvalue weighted by molar-refractivity contribution is 9.09. The Kier molecular flexibility index (Phi) is 4.75. The summed E-state index contributed by atoms with van der Waals surface area (Å²) in [5, 5.41) is 4.48. The zero-order valence-corrected chi connectivity index (χ0v) is 12.3. The Morgan fingerprint density at radius 3 is 2.76 bits per heavy atom. The summed E-state index contributed by atoms with van der Waals surface area (Å²) in [6, 6.07) is 10.4. The molecular formula is C14H16BrNS. The zero-order chi connectivity index (χ0) is 12.1. The molecule has 1 aromatic heterocycles. The van der Waals surface area contributed by atoms with Gasteiger partial charge in [-0.05, 0) is 18.8 Å². The minimum Gasteiger partial charge on any atom is -0.241 e. The molecule has 0 amide bonds. The standard InChI is InChI=1S/C14H16BrNS/c1-11(9-15)7-8-14-16-13(10-17-14)12-5-3-2-4-6-12/h2-6,10-11H,7-9H2,1H3. The number of aryl methyl sites for hydroxylation is 1. The quantitative estimate of drug-likeness (QED) is 0.725. The summed E-state index contributed by atoms with van der Waals surface area (Å²) in [6.07, 6.45) is 2.29. The van der Waals surface area contributed by atoms with Gasteiger partial charge in [0, 0.05) is 16.3 Å². The fourth-order valence-electron chi connectivity index (χ4n) is 1.61. The Morgan fingerprint density at radius 1 is 1.29 bits per heavy atom. The van der Waals surface area contributed by atoms with Crippen LogP contribution in [0.1, 0.15) is 18.4 Å². The van der Waals surface area contributed by atoms with Crippen LogP contribution in [0.25, 0.3) is 11.3 Å². The third-order valence-electron chi connectivity index (χ3n) is 2.74. The molecule has 0 saturated heterocycles. The lowest BCUT2D eigenvalue weighted by Gasteiger charge is -2.04. The number of hydrogen-bond acceptors (Lipinski definition) is 2. The van der Waals surface area contributed by atoms with Gasteiger partial charge in [-0.25, -0.2) is 4.98 Å². The summed E-state index contributed by atoms with van der Waals surface area (Å²) in [5.74, 6) is 0.721. The van der Waals surface area contributed by atoms with E-state index in [-0.39, 0.29) is 0 Å². The maximum atomic E-state index is 4.69. The number of aromatic nitrogens is 1. The van der Waals surface area contributed by atoms with Crippen LogP contribution in [0.15, 0.2) is 35.7 Å². The molecule has 1 heterocycles. The van der Waals surface area contributed by atoms with Crippen molar-refractivity contribution < 1.29 is 0 Å². The van der Waals surface area contributed by atoms with Crippen molar-refractivity contribution in [2.45, 2.75) is 19.8 Å². The number of alkyl halides is 1. The van der Waals surface area contributed by atoms with Crippen molar-refractivity contribution in [2.24, 2.45) is 5.92 Å². The Bertz CT molecular complexity index is 452. The van der Waals surface area contributed by atoms with E-state index in [9.17, 15) is 0 Å². The van der Waals surface area contributed by atoms with Crippen molar-refractivity contribution in [1.82, 2.24) is 4.98 Å². The van der Waals surface area contributed by atoms with Gasteiger partial charge in [-0.1, -0.05) is 53.2 Å². The molecule has 0 aliphatic carbocycles. The molecule has 1 atom stereocenters. The average Bonchev–Trinajstić information content (AvgIpc) is 2.86. The highest BCUT2D eigenvalue weighted by Gasteiger charge is 2.06. The van der Waals surface area contributed by atoms with Crippen molar-refractivity contribution in [3.8, 4) is 11.3 Å². The third kappa shape index (κ3) is 3.65. The molecule has 0 radical (unpaired) electrons. The molecule has 1 unspecified atom stereocenters. The van der Waals surface area contributed by atoms with Crippen molar-refractivity contribution in [3.63, 3.8) is 0 Å². The number of rotatable bonds is 5. The first kappa shape index (κ1) is 12.8. The fraction of sp³-hybridized carbons (Fsp3) is 0.357. The van der Waals surface area contributed by atoms with Crippen molar-refractivity contribution >= 4 is 27.3 Å². The number of nitrogens with zero attached hydrogens (tertiary/aromatic N) is 1. The van der Waals surface area contributed by atoms with Gasteiger partial charge < -0.3 is 0 Å². The topological polar surface area (TPSA) is 12.9 Å². The second kappa shape index (κ2) is 6.31. The van der Waals surface area contributed by atoms with Gasteiger partial charge in [0.25, 0.3) is 0 Å². The highest BCUT2D eigenvalue weighted by atomic mass is 79.9. The molecule has 0 aliphatic rings. The van der Waals surface area contributed by atoms with E-state index in [1.807, 2.05) is 6.07 Å². The number of halogens is 1. The second-order valence-corrected chi connectivity index (χ2v) is 5.88. The molecule has 2 rings (SSSR count). The Balaban J connectivity index is 2.01. The number of thiazole rings is 1. The van der Waals surface area contributed by atoms with E-state index >= 15 is 0 Å². The van der Waals surface area contributed by atoms with E-state index in [0.29, 0.717) is 0 Å². The van der Waals surface area contributed by atoms with Gasteiger partial charge in [0.05, 0.1) is 10.7 Å². The van der Waals surface area contributed by atoms with E-state index in [4.69, 9.17) is 0 Å². The number of benzene rings is 1. The number of hydrogen-bond donors (Lipinski definition) is 0. The summed E-state index contributed by atoms with van der Waals surface area (Å²) in [7, 11) is 0. The fourth-order valence-corrected chi connectivity index (χ4v) is 2.76.